The highest BCUT2D eigenvalue weighted by Crippen LogP contribution is 2.16. The van der Waals surface area contributed by atoms with Crippen LogP contribution in [0.15, 0.2) is 23.1 Å². The standard InChI is InChI=1S/C10H14N2O4S/c1-7-4-5-8(10(13)12(2)16-3)6-9(7)17(11,14)15/h4-6H,1-3H3,(H2,11,14,15). The van der Waals surface area contributed by atoms with E-state index in [1.807, 2.05) is 0 Å². The molecule has 0 unspecified atom stereocenters. The highest BCUT2D eigenvalue weighted by molar-refractivity contribution is 7.89. The Balaban J connectivity index is 3.27. The van der Waals surface area contributed by atoms with Crippen LogP contribution in [0.1, 0.15) is 15.9 Å². The molecule has 0 spiro atoms. The molecule has 0 aliphatic carbocycles. The number of carbonyl (C=O) groups is 1. The van der Waals surface area contributed by atoms with Crippen molar-refractivity contribution in [1.82, 2.24) is 5.06 Å². The van der Waals surface area contributed by atoms with Crippen LogP contribution < -0.4 is 5.14 Å². The average Bonchev–Trinajstić information content (AvgIpc) is 2.26. The maximum atomic E-state index is 11.7. The van der Waals surface area contributed by atoms with Crippen LogP contribution in [0.2, 0.25) is 0 Å². The highest BCUT2D eigenvalue weighted by atomic mass is 32.2. The van der Waals surface area contributed by atoms with Crippen LogP contribution in [0.4, 0.5) is 0 Å². The van der Waals surface area contributed by atoms with E-state index in [4.69, 9.17) is 9.98 Å². The van der Waals surface area contributed by atoms with E-state index >= 15 is 0 Å². The third-order valence-corrected chi connectivity index (χ3v) is 3.35. The molecule has 0 saturated carbocycles. The van der Waals surface area contributed by atoms with E-state index in [-0.39, 0.29) is 10.5 Å². The summed E-state index contributed by atoms with van der Waals surface area (Å²) in [6.45, 7) is 1.61. The van der Waals surface area contributed by atoms with Gasteiger partial charge in [0.2, 0.25) is 10.0 Å². The lowest BCUT2D eigenvalue weighted by Crippen LogP contribution is -2.26. The summed E-state index contributed by atoms with van der Waals surface area (Å²) >= 11 is 0. The van der Waals surface area contributed by atoms with Crippen LogP contribution in [-0.2, 0) is 14.9 Å². The number of benzene rings is 1. The highest BCUT2D eigenvalue weighted by Gasteiger charge is 2.17. The Kier molecular flexibility index (Phi) is 3.87. The third kappa shape index (κ3) is 3.02. The summed E-state index contributed by atoms with van der Waals surface area (Å²) < 4.78 is 22.6. The zero-order valence-corrected chi connectivity index (χ0v) is 10.6. The lowest BCUT2D eigenvalue weighted by atomic mass is 10.1. The van der Waals surface area contributed by atoms with Gasteiger partial charge in [-0.1, -0.05) is 6.07 Å². The van der Waals surface area contributed by atoms with Crippen molar-refractivity contribution in [2.45, 2.75) is 11.8 Å². The Bertz CT molecular complexity index is 539. The van der Waals surface area contributed by atoms with Crippen LogP contribution in [0, 0.1) is 6.92 Å². The summed E-state index contributed by atoms with van der Waals surface area (Å²) in [5, 5.41) is 6.05. The molecule has 1 aromatic carbocycles. The first-order chi connectivity index (χ1) is 7.77. The van der Waals surface area contributed by atoms with Crippen LogP contribution >= 0.6 is 0 Å². The summed E-state index contributed by atoms with van der Waals surface area (Å²) in [5.41, 5.74) is 0.688. The number of aryl methyl sites for hydroxylation is 1. The van der Waals surface area contributed by atoms with Crippen molar-refractivity contribution >= 4 is 15.9 Å². The van der Waals surface area contributed by atoms with Crippen molar-refractivity contribution < 1.29 is 18.0 Å². The molecule has 1 aromatic rings. The first kappa shape index (κ1) is 13.6. The molecule has 0 bridgehead atoms. The summed E-state index contributed by atoms with van der Waals surface area (Å²) in [5.74, 6) is -0.447. The Morgan fingerprint density at radius 1 is 1.41 bits per heavy atom. The fourth-order valence-electron chi connectivity index (χ4n) is 1.30. The minimum absolute atomic E-state index is 0.0622. The third-order valence-electron chi connectivity index (χ3n) is 2.30. The molecule has 0 atom stereocenters. The number of hydrogen-bond acceptors (Lipinski definition) is 4. The maximum Gasteiger partial charge on any atom is 0.277 e. The van der Waals surface area contributed by atoms with Crippen molar-refractivity contribution in [1.29, 1.82) is 0 Å². The Labute approximate surface area is 100.0 Å². The number of hydrogen-bond donors (Lipinski definition) is 1. The van der Waals surface area contributed by atoms with Crippen molar-refractivity contribution in [3.8, 4) is 0 Å². The largest absolute Gasteiger partial charge is 0.277 e. The molecular weight excluding hydrogens is 244 g/mol. The first-order valence-corrected chi connectivity index (χ1v) is 6.27. The molecule has 6 nitrogen and oxygen atoms in total. The van der Waals surface area contributed by atoms with Crippen LogP contribution in [0.3, 0.4) is 0 Å². The van der Waals surface area contributed by atoms with E-state index in [1.165, 1.54) is 32.4 Å². The van der Waals surface area contributed by atoms with Gasteiger partial charge < -0.3 is 0 Å². The second-order valence-corrected chi connectivity index (χ2v) is 5.04. The summed E-state index contributed by atoms with van der Waals surface area (Å²) in [7, 11) is -1.06. The van der Waals surface area contributed by atoms with E-state index in [0.717, 1.165) is 5.06 Å². The smallest absolute Gasteiger partial charge is 0.274 e. The van der Waals surface area contributed by atoms with Gasteiger partial charge in [0, 0.05) is 12.6 Å². The maximum absolute atomic E-state index is 11.7. The fraction of sp³-hybridized carbons (Fsp3) is 0.300. The molecule has 0 aliphatic rings. The van der Waals surface area contributed by atoms with E-state index in [2.05, 4.69) is 0 Å². The van der Waals surface area contributed by atoms with Crippen LogP contribution in [0.5, 0.6) is 0 Å². The van der Waals surface area contributed by atoms with E-state index in [0.29, 0.717) is 5.56 Å². The predicted molar refractivity (Wildman–Crippen MR) is 61.7 cm³/mol. The van der Waals surface area contributed by atoms with Gasteiger partial charge >= 0.3 is 0 Å². The normalized spacial score (nSPS) is 11.3. The number of rotatable bonds is 3. The van der Waals surface area contributed by atoms with Gasteiger partial charge in [0.05, 0.1) is 12.0 Å². The number of hydroxylamine groups is 2. The second kappa shape index (κ2) is 4.82. The zero-order valence-electron chi connectivity index (χ0n) is 9.80. The Hall–Kier alpha value is -1.44. The zero-order chi connectivity index (χ0) is 13.2. The lowest BCUT2D eigenvalue weighted by Gasteiger charge is -2.14. The van der Waals surface area contributed by atoms with Crippen molar-refractivity contribution in [3.05, 3.63) is 29.3 Å². The summed E-state index contributed by atoms with van der Waals surface area (Å²) in [6, 6.07) is 4.28. The van der Waals surface area contributed by atoms with Gasteiger partial charge in [-0.2, -0.15) is 0 Å². The number of nitrogens with two attached hydrogens (primary N) is 1. The average molecular weight is 258 g/mol. The van der Waals surface area contributed by atoms with E-state index in [1.54, 1.807) is 6.92 Å². The topological polar surface area (TPSA) is 89.7 Å². The molecule has 2 N–H and O–H groups in total. The second-order valence-electron chi connectivity index (χ2n) is 3.51. The number of carbonyl (C=O) groups excluding carboxylic acids is 1. The van der Waals surface area contributed by atoms with Crippen molar-refractivity contribution in [2.75, 3.05) is 14.2 Å². The molecule has 0 saturated heterocycles. The molecule has 0 radical (unpaired) electrons. The predicted octanol–water partition coefficient (Wildman–Crippen LogP) is 0.276. The molecule has 0 heterocycles. The van der Waals surface area contributed by atoms with Gasteiger partial charge in [-0.3, -0.25) is 9.63 Å². The van der Waals surface area contributed by atoms with Gasteiger partial charge in [-0.25, -0.2) is 18.6 Å². The molecule has 7 heteroatoms. The number of amides is 1. The molecule has 1 amide bonds. The summed E-state index contributed by atoms with van der Waals surface area (Å²) in [4.78, 5) is 16.4. The number of nitrogens with zero attached hydrogens (tertiary/aromatic N) is 1. The Morgan fingerprint density at radius 2 is 2.00 bits per heavy atom. The van der Waals surface area contributed by atoms with Crippen molar-refractivity contribution in [2.24, 2.45) is 5.14 Å². The van der Waals surface area contributed by atoms with Gasteiger partial charge in [-0.05, 0) is 24.6 Å². The fourth-order valence-corrected chi connectivity index (χ4v) is 2.11. The van der Waals surface area contributed by atoms with Gasteiger partial charge in [0.1, 0.15) is 0 Å². The van der Waals surface area contributed by atoms with E-state index in [9.17, 15) is 13.2 Å². The van der Waals surface area contributed by atoms with Crippen molar-refractivity contribution in [3.63, 3.8) is 0 Å². The molecule has 94 valence electrons. The molecular formula is C10H14N2O4S. The molecule has 0 aromatic heterocycles. The minimum Gasteiger partial charge on any atom is -0.274 e. The van der Waals surface area contributed by atoms with Crippen LogP contribution in [0.25, 0.3) is 0 Å². The first-order valence-electron chi connectivity index (χ1n) is 4.73. The number of sulfonamides is 1. The summed E-state index contributed by atoms with van der Waals surface area (Å²) in [6.07, 6.45) is 0. The lowest BCUT2D eigenvalue weighted by molar-refractivity contribution is -0.0757. The van der Waals surface area contributed by atoms with Gasteiger partial charge in [0.25, 0.3) is 5.91 Å². The monoisotopic (exact) mass is 258 g/mol. The molecule has 1 rings (SSSR count). The van der Waals surface area contributed by atoms with Gasteiger partial charge in [-0.15, -0.1) is 0 Å². The number of primary sulfonamides is 1. The minimum atomic E-state index is -3.83. The van der Waals surface area contributed by atoms with Gasteiger partial charge in [0.15, 0.2) is 0 Å². The SMILES string of the molecule is CON(C)C(=O)c1ccc(C)c(S(N)(=O)=O)c1. The molecule has 17 heavy (non-hydrogen) atoms. The van der Waals surface area contributed by atoms with E-state index < -0.39 is 15.9 Å². The quantitative estimate of drug-likeness (QED) is 0.788. The Morgan fingerprint density at radius 3 is 2.47 bits per heavy atom. The molecule has 0 fully saturated rings. The molecule has 0 aliphatic heterocycles. The van der Waals surface area contributed by atoms with Crippen LogP contribution in [-0.4, -0.2) is 33.5 Å².